The van der Waals surface area contributed by atoms with Gasteiger partial charge in [0.05, 0.1) is 18.2 Å². The van der Waals surface area contributed by atoms with Gasteiger partial charge in [-0.2, -0.15) is 0 Å². The molecule has 2 amide bonds. The van der Waals surface area contributed by atoms with E-state index in [1.165, 1.54) is 19.2 Å². The maximum absolute atomic E-state index is 12.2. The number of imide groups is 1. The van der Waals surface area contributed by atoms with Crippen LogP contribution in [0.3, 0.4) is 0 Å². The second-order valence-corrected chi connectivity index (χ2v) is 7.65. The zero-order valence-electron chi connectivity index (χ0n) is 12.6. The third kappa shape index (κ3) is 2.88. The molecule has 0 saturated heterocycles. The molecule has 0 unspecified atom stereocenters. The van der Waals surface area contributed by atoms with E-state index in [2.05, 4.69) is 0 Å². The molecule has 2 aromatic rings. The van der Waals surface area contributed by atoms with Gasteiger partial charge in [-0.3, -0.25) is 9.59 Å². The van der Waals surface area contributed by atoms with Crippen molar-refractivity contribution in [2.75, 3.05) is 7.11 Å². The maximum atomic E-state index is 12.2. The zero-order chi connectivity index (χ0) is 18.4. The summed E-state index contributed by atoms with van der Waals surface area (Å²) in [4.78, 5) is 41.2. The minimum absolute atomic E-state index is 0.106. The van der Waals surface area contributed by atoms with Crippen LogP contribution in [0.2, 0.25) is 0 Å². The lowest BCUT2D eigenvalue weighted by Crippen LogP contribution is -2.32. The minimum Gasteiger partial charge on any atom is -0.494 e. The van der Waals surface area contributed by atoms with Gasteiger partial charge in [0, 0.05) is 6.07 Å². The van der Waals surface area contributed by atoms with Crippen LogP contribution in [0, 0.1) is 0 Å². The Kier molecular flexibility index (Phi) is 4.06. The summed E-state index contributed by atoms with van der Waals surface area (Å²) in [7, 11) is -2.91. The minimum atomic E-state index is -4.11. The third-order valence-electron chi connectivity index (χ3n) is 3.28. The first-order valence-electron chi connectivity index (χ1n) is 6.64. The van der Waals surface area contributed by atoms with Crippen molar-refractivity contribution in [2.24, 2.45) is 5.14 Å². The lowest BCUT2D eigenvalue weighted by Gasteiger charge is -2.11. The molecule has 11 heteroatoms. The summed E-state index contributed by atoms with van der Waals surface area (Å²) in [5.74, 6) is -2.80. The molecule has 1 aliphatic rings. The number of sulfonamides is 1. The van der Waals surface area contributed by atoms with E-state index in [0.717, 1.165) is 6.07 Å². The molecule has 25 heavy (non-hydrogen) atoms. The van der Waals surface area contributed by atoms with E-state index < -0.39 is 27.8 Å². The molecule has 2 N–H and O–H groups in total. The molecular formula is C14H10N2O7S2. The Bertz CT molecular complexity index is 975. The summed E-state index contributed by atoms with van der Waals surface area (Å²) in [5.41, 5.74) is 0.212. The van der Waals surface area contributed by atoms with Gasteiger partial charge in [-0.15, -0.1) is 11.3 Å². The Morgan fingerprint density at radius 3 is 2.16 bits per heavy atom. The molecule has 1 aliphatic heterocycles. The van der Waals surface area contributed by atoms with Crippen molar-refractivity contribution in [3.8, 4) is 5.75 Å². The van der Waals surface area contributed by atoms with Crippen LogP contribution in [0.25, 0.3) is 0 Å². The van der Waals surface area contributed by atoms with Crippen molar-refractivity contribution in [1.29, 1.82) is 0 Å². The van der Waals surface area contributed by atoms with Crippen LogP contribution in [-0.2, 0) is 14.9 Å². The quantitative estimate of drug-likeness (QED) is 0.772. The fraction of sp³-hybridized carbons (Fsp3) is 0.0714. The maximum Gasteiger partial charge on any atom is 0.373 e. The average Bonchev–Trinajstić information content (AvgIpc) is 3.11. The summed E-state index contributed by atoms with van der Waals surface area (Å²) in [6.07, 6.45) is 0. The van der Waals surface area contributed by atoms with Gasteiger partial charge >= 0.3 is 5.97 Å². The fourth-order valence-electron chi connectivity index (χ4n) is 2.18. The topological polar surface area (TPSA) is 133 Å². The van der Waals surface area contributed by atoms with E-state index in [0.29, 0.717) is 16.4 Å². The lowest BCUT2D eigenvalue weighted by molar-refractivity contribution is -0.0581. The van der Waals surface area contributed by atoms with E-state index in [-0.39, 0.29) is 26.0 Å². The number of rotatable bonds is 4. The normalized spacial score (nSPS) is 13.8. The highest BCUT2D eigenvalue weighted by Crippen LogP contribution is 2.33. The molecule has 0 spiro atoms. The van der Waals surface area contributed by atoms with E-state index in [1.54, 1.807) is 12.1 Å². The smallest absolute Gasteiger partial charge is 0.373 e. The Morgan fingerprint density at radius 1 is 1.16 bits per heavy atom. The van der Waals surface area contributed by atoms with Crippen molar-refractivity contribution in [2.45, 2.75) is 4.21 Å². The second-order valence-electron chi connectivity index (χ2n) is 4.84. The van der Waals surface area contributed by atoms with Gasteiger partial charge in [0.1, 0.15) is 4.88 Å². The number of carbonyl (C=O) groups excluding carboxylic acids is 3. The number of amides is 2. The molecule has 1 aromatic heterocycles. The SMILES string of the molecule is COc1cc(C(=O)ON2C(=O)c3ccccc3C2=O)sc1S(N)(=O)=O. The van der Waals surface area contributed by atoms with Crippen molar-refractivity contribution in [1.82, 2.24) is 5.06 Å². The molecule has 0 saturated carbocycles. The van der Waals surface area contributed by atoms with E-state index in [4.69, 9.17) is 14.7 Å². The van der Waals surface area contributed by atoms with Gasteiger partial charge in [0.15, 0.2) is 9.96 Å². The van der Waals surface area contributed by atoms with E-state index >= 15 is 0 Å². The molecule has 9 nitrogen and oxygen atoms in total. The molecule has 130 valence electrons. The van der Waals surface area contributed by atoms with Gasteiger partial charge < -0.3 is 9.57 Å². The van der Waals surface area contributed by atoms with E-state index in [9.17, 15) is 22.8 Å². The number of thiophene rings is 1. The number of hydroxylamine groups is 2. The number of hydrogen-bond acceptors (Lipinski definition) is 8. The number of nitrogens with two attached hydrogens (primary N) is 1. The molecule has 0 radical (unpaired) electrons. The van der Waals surface area contributed by atoms with Crippen molar-refractivity contribution in [3.63, 3.8) is 0 Å². The zero-order valence-corrected chi connectivity index (χ0v) is 14.2. The van der Waals surface area contributed by atoms with Crippen molar-refractivity contribution >= 4 is 39.1 Å². The summed E-state index contributed by atoms with van der Waals surface area (Å²) in [6, 6.07) is 7.09. The van der Waals surface area contributed by atoms with Crippen LogP contribution in [0.4, 0.5) is 0 Å². The summed E-state index contributed by atoms with van der Waals surface area (Å²) in [6.45, 7) is 0. The van der Waals surface area contributed by atoms with Crippen molar-refractivity contribution in [3.05, 3.63) is 46.3 Å². The summed E-state index contributed by atoms with van der Waals surface area (Å²) in [5, 5.41) is 5.37. The van der Waals surface area contributed by atoms with Crippen LogP contribution in [0.5, 0.6) is 5.75 Å². The molecule has 0 atom stereocenters. The molecule has 3 rings (SSSR count). The molecule has 2 heterocycles. The Balaban J connectivity index is 1.88. The number of methoxy groups -OCH3 is 1. The van der Waals surface area contributed by atoms with Crippen LogP contribution >= 0.6 is 11.3 Å². The summed E-state index contributed by atoms with van der Waals surface area (Å²) < 4.78 is 27.5. The molecule has 1 aromatic carbocycles. The van der Waals surface area contributed by atoms with Gasteiger partial charge in [0.25, 0.3) is 21.8 Å². The first kappa shape index (κ1) is 17.1. The Labute approximate surface area is 145 Å². The van der Waals surface area contributed by atoms with Crippen LogP contribution in [0.1, 0.15) is 30.4 Å². The number of ether oxygens (including phenoxy) is 1. The fourth-order valence-corrected chi connectivity index (χ4v) is 4.06. The number of nitrogens with zero attached hydrogens (tertiary/aromatic N) is 1. The summed E-state index contributed by atoms with van der Waals surface area (Å²) >= 11 is 0.507. The number of fused-ring (bicyclic) bond motifs is 1. The Morgan fingerprint density at radius 2 is 1.72 bits per heavy atom. The van der Waals surface area contributed by atoms with E-state index in [1.807, 2.05) is 0 Å². The van der Waals surface area contributed by atoms with Crippen LogP contribution in [-0.4, -0.2) is 38.4 Å². The Hall–Kier alpha value is -2.76. The molecule has 0 bridgehead atoms. The van der Waals surface area contributed by atoms with Gasteiger partial charge in [0.2, 0.25) is 0 Å². The standard InChI is InChI=1S/C14H10N2O7S2/c1-22-9-6-10(24-14(9)25(15,20)21)13(19)23-16-11(17)7-4-2-3-5-8(7)12(16)18/h2-6H,1H3,(H2,15,20,21). The highest BCUT2D eigenvalue weighted by molar-refractivity contribution is 7.91. The number of hydrogen-bond donors (Lipinski definition) is 1. The predicted octanol–water partition coefficient (Wildman–Crippen LogP) is 0.772. The van der Waals surface area contributed by atoms with Crippen LogP contribution in [0.15, 0.2) is 34.5 Å². The van der Waals surface area contributed by atoms with Crippen molar-refractivity contribution < 1.29 is 32.4 Å². The number of carbonyl (C=O) groups is 3. The van der Waals surface area contributed by atoms with Gasteiger partial charge in [-0.1, -0.05) is 17.2 Å². The number of primary sulfonamides is 1. The number of benzene rings is 1. The van der Waals surface area contributed by atoms with Gasteiger partial charge in [-0.05, 0) is 12.1 Å². The van der Waals surface area contributed by atoms with Crippen LogP contribution < -0.4 is 9.88 Å². The third-order valence-corrected chi connectivity index (χ3v) is 5.83. The largest absolute Gasteiger partial charge is 0.494 e. The highest BCUT2D eigenvalue weighted by atomic mass is 32.2. The predicted molar refractivity (Wildman–Crippen MR) is 84.6 cm³/mol. The average molecular weight is 382 g/mol. The molecular weight excluding hydrogens is 372 g/mol. The van der Waals surface area contributed by atoms with Gasteiger partial charge in [-0.25, -0.2) is 18.4 Å². The lowest BCUT2D eigenvalue weighted by atomic mass is 10.1. The monoisotopic (exact) mass is 382 g/mol. The molecule has 0 aliphatic carbocycles. The second kappa shape index (κ2) is 5.95. The first-order valence-corrected chi connectivity index (χ1v) is 9.01. The highest BCUT2D eigenvalue weighted by Gasteiger charge is 2.39. The first-order chi connectivity index (χ1) is 11.7. The molecule has 0 fully saturated rings.